The molecule has 0 amide bonds. The zero-order valence-corrected chi connectivity index (χ0v) is 14.5. The Bertz CT molecular complexity index is 903. The van der Waals surface area contributed by atoms with E-state index >= 15 is 0 Å². The van der Waals surface area contributed by atoms with Crippen molar-refractivity contribution < 1.29 is 17.4 Å². The van der Waals surface area contributed by atoms with Crippen LogP contribution in [0.4, 0.5) is 0 Å². The molecule has 0 atom stereocenters. The quantitative estimate of drug-likeness (QED) is 0.557. The minimum Gasteiger partial charge on any atom is -0.430 e. The van der Waals surface area contributed by atoms with Gasteiger partial charge in [-0.2, -0.15) is 8.42 Å². The van der Waals surface area contributed by atoms with E-state index in [-0.39, 0.29) is 4.90 Å². The van der Waals surface area contributed by atoms with Crippen LogP contribution >= 0.6 is 11.8 Å². The van der Waals surface area contributed by atoms with Crippen molar-refractivity contribution in [3.8, 4) is 0 Å². The Morgan fingerprint density at radius 1 is 1.17 bits per heavy atom. The summed E-state index contributed by atoms with van der Waals surface area (Å²) >= 11 is 1.49. The van der Waals surface area contributed by atoms with Crippen LogP contribution in [0.1, 0.15) is 11.3 Å². The van der Waals surface area contributed by atoms with Crippen molar-refractivity contribution in [3.05, 3.63) is 47.8 Å². The summed E-state index contributed by atoms with van der Waals surface area (Å²) in [6.07, 6.45) is 3.64. The van der Waals surface area contributed by atoms with Gasteiger partial charge in [0, 0.05) is 5.69 Å². The highest BCUT2D eigenvalue weighted by atomic mass is 32.2. The summed E-state index contributed by atoms with van der Waals surface area (Å²) in [5.74, 6) is 0. The van der Waals surface area contributed by atoms with Gasteiger partial charge in [0.15, 0.2) is 5.58 Å². The molecule has 0 fully saturated rings. The highest BCUT2D eigenvalue weighted by Crippen LogP contribution is 2.20. The molecule has 6 nitrogen and oxygen atoms in total. The molecule has 0 saturated carbocycles. The zero-order valence-electron chi connectivity index (χ0n) is 12.8. The highest BCUT2D eigenvalue weighted by Gasteiger charge is 2.07. The standard InChI is InChI=1S/C8H8N2OS.C7H8O3S/c1-5-3-6-7(4-9-5)11-8(10-6)12-2;1-6-2-4-7(5-3-6)11(8,9)10/h3-4H,1-2H3;2-5H,1H3,(H,8,9,10). The Morgan fingerprint density at radius 2 is 1.83 bits per heavy atom. The van der Waals surface area contributed by atoms with Crippen LogP contribution in [-0.2, 0) is 10.1 Å². The predicted octanol–water partition coefficient (Wildman–Crippen LogP) is 3.49. The van der Waals surface area contributed by atoms with E-state index in [1.165, 1.54) is 23.9 Å². The van der Waals surface area contributed by atoms with Gasteiger partial charge in [0.1, 0.15) is 5.52 Å². The number of aryl methyl sites for hydroxylation is 2. The number of hydrogen-bond donors (Lipinski definition) is 1. The molecule has 8 heteroatoms. The van der Waals surface area contributed by atoms with Crippen molar-refractivity contribution >= 4 is 33.0 Å². The molecule has 122 valence electrons. The Balaban J connectivity index is 0.000000168. The fraction of sp³-hybridized carbons (Fsp3) is 0.200. The van der Waals surface area contributed by atoms with E-state index < -0.39 is 10.1 Å². The summed E-state index contributed by atoms with van der Waals surface area (Å²) < 4.78 is 34.9. The lowest BCUT2D eigenvalue weighted by atomic mass is 10.2. The molecule has 23 heavy (non-hydrogen) atoms. The van der Waals surface area contributed by atoms with Crippen LogP contribution in [0.3, 0.4) is 0 Å². The Morgan fingerprint density at radius 3 is 2.39 bits per heavy atom. The first-order valence-electron chi connectivity index (χ1n) is 6.61. The molecular formula is C15H16N2O4S2. The number of pyridine rings is 1. The van der Waals surface area contributed by atoms with E-state index in [0.717, 1.165) is 22.4 Å². The second-order valence-electron chi connectivity index (χ2n) is 4.77. The molecule has 3 rings (SSSR count). The van der Waals surface area contributed by atoms with Gasteiger partial charge in [-0.1, -0.05) is 29.5 Å². The molecule has 0 aliphatic carbocycles. The number of nitrogens with zero attached hydrogens (tertiary/aromatic N) is 2. The summed E-state index contributed by atoms with van der Waals surface area (Å²) in [5, 5.41) is 0.692. The summed E-state index contributed by atoms with van der Waals surface area (Å²) in [6.45, 7) is 3.78. The molecule has 3 aromatic rings. The fourth-order valence-corrected chi connectivity index (χ4v) is 2.55. The van der Waals surface area contributed by atoms with Crippen molar-refractivity contribution in [2.75, 3.05) is 6.26 Å². The van der Waals surface area contributed by atoms with Gasteiger partial charge in [0.2, 0.25) is 0 Å². The van der Waals surface area contributed by atoms with Crippen LogP contribution < -0.4 is 0 Å². The van der Waals surface area contributed by atoms with E-state index in [2.05, 4.69) is 9.97 Å². The van der Waals surface area contributed by atoms with Gasteiger partial charge in [-0.25, -0.2) is 4.98 Å². The normalized spacial score (nSPS) is 11.1. The van der Waals surface area contributed by atoms with Gasteiger partial charge >= 0.3 is 0 Å². The first-order valence-corrected chi connectivity index (χ1v) is 9.27. The molecule has 1 aromatic carbocycles. The third kappa shape index (κ3) is 4.78. The van der Waals surface area contributed by atoms with Crippen molar-refractivity contribution in [3.63, 3.8) is 0 Å². The molecule has 2 heterocycles. The van der Waals surface area contributed by atoms with Gasteiger partial charge in [-0.05, 0) is 38.3 Å². The van der Waals surface area contributed by atoms with Crippen LogP contribution in [0.2, 0.25) is 0 Å². The Kier molecular flexibility index (Phi) is 5.40. The topological polar surface area (TPSA) is 93.3 Å². The van der Waals surface area contributed by atoms with Gasteiger partial charge < -0.3 is 4.42 Å². The first-order chi connectivity index (χ1) is 10.8. The summed E-state index contributed by atoms with van der Waals surface area (Å²) in [4.78, 5) is 8.29. The predicted molar refractivity (Wildman–Crippen MR) is 89.3 cm³/mol. The maximum atomic E-state index is 10.5. The van der Waals surface area contributed by atoms with Crippen LogP contribution in [0, 0.1) is 13.8 Å². The molecule has 0 bridgehead atoms. The van der Waals surface area contributed by atoms with Gasteiger partial charge in [-0.3, -0.25) is 9.54 Å². The second-order valence-corrected chi connectivity index (χ2v) is 6.94. The third-order valence-corrected chi connectivity index (χ3v) is 4.28. The van der Waals surface area contributed by atoms with E-state index in [0.29, 0.717) is 5.22 Å². The highest BCUT2D eigenvalue weighted by molar-refractivity contribution is 7.98. The van der Waals surface area contributed by atoms with Crippen LogP contribution in [0.5, 0.6) is 0 Å². The third-order valence-electron chi connectivity index (χ3n) is 2.89. The zero-order chi connectivity index (χ0) is 17.0. The van der Waals surface area contributed by atoms with Gasteiger partial charge in [-0.15, -0.1) is 0 Å². The number of thioether (sulfide) groups is 1. The molecular weight excluding hydrogens is 336 g/mol. The van der Waals surface area contributed by atoms with Crippen molar-refractivity contribution in [1.29, 1.82) is 0 Å². The number of fused-ring (bicyclic) bond motifs is 1. The summed E-state index contributed by atoms with van der Waals surface area (Å²) in [7, 11) is -4.02. The molecule has 0 unspecified atom stereocenters. The van der Waals surface area contributed by atoms with E-state index in [4.69, 9.17) is 8.97 Å². The average molecular weight is 352 g/mol. The molecule has 1 N–H and O–H groups in total. The largest absolute Gasteiger partial charge is 0.430 e. The number of aromatic nitrogens is 2. The smallest absolute Gasteiger partial charge is 0.294 e. The van der Waals surface area contributed by atoms with Crippen molar-refractivity contribution in [2.45, 2.75) is 24.0 Å². The first kappa shape index (κ1) is 17.5. The Hall–Kier alpha value is -1.90. The van der Waals surface area contributed by atoms with E-state index in [1.54, 1.807) is 18.3 Å². The lowest BCUT2D eigenvalue weighted by Crippen LogP contribution is -1.96. The maximum absolute atomic E-state index is 10.5. The van der Waals surface area contributed by atoms with Crippen molar-refractivity contribution in [1.82, 2.24) is 9.97 Å². The number of hydrogen-bond acceptors (Lipinski definition) is 6. The van der Waals surface area contributed by atoms with Crippen molar-refractivity contribution in [2.24, 2.45) is 0 Å². The second kappa shape index (κ2) is 7.12. The number of rotatable bonds is 2. The molecule has 0 spiro atoms. The van der Waals surface area contributed by atoms with E-state index in [1.807, 2.05) is 26.2 Å². The van der Waals surface area contributed by atoms with Crippen LogP contribution in [0.25, 0.3) is 11.1 Å². The summed E-state index contributed by atoms with van der Waals surface area (Å²) in [6, 6.07) is 7.90. The molecule has 2 aromatic heterocycles. The van der Waals surface area contributed by atoms with Crippen LogP contribution in [-0.4, -0.2) is 29.2 Å². The monoisotopic (exact) mass is 352 g/mol. The Labute approximate surface area is 138 Å². The molecule has 0 radical (unpaired) electrons. The van der Waals surface area contributed by atoms with Crippen LogP contribution in [0.15, 0.2) is 51.1 Å². The SMILES string of the molecule is CSc1nc2cc(C)ncc2o1.Cc1ccc(S(=O)(=O)O)cc1. The van der Waals surface area contributed by atoms with Gasteiger partial charge in [0.05, 0.1) is 11.1 Å². The number of oxazole rings is 1. The molecule has 0 aliphatic rings. The average Bonchev–Trinajstić information content (AvgIpc) is 2.89. The lowest BCUT2D eigenvalue weighted by molar-refractivity contribution is 0.483. The minimum absolute atomic E-state index is 0.0666. The fourth-order valence-electron chi connectivity index (χ4n) is 1.71. The number of benzene rings is 1. The molecule has 0 saturated heterocycles. The van der Waals surface area contributed by atoms with E-state index in [9.17, 15) is 8.42 Å². The molecule has 0 aliphatic heterocycles. The minimum atomic E-state index is -4.02. The summed E-state index contributed by atoms with van der Waals surface area (Å²) in [5.41, 5.74) is 3.55. The van der Waals surface area contributed by atoms with Gasteiger partial charge in [0.25, 0.3) is 15.3 Å². The maximum Gasteiger partial charge on any atom is 0.294 e. The lowest BCUT2D eigenvalue weighted by Gasteiger charge is -1.95.